The van der Waals surface area contributed by atoms with Crippen LogP contribution in [0.1, 0.15) is 53.6 Å². The molecule has 0 heterocycles. The second-order valence-electron chi connectivity index (χ2n) is 12.1. The molecule has 1 aliphatic rings. The highest BCUT2D eigenvalue weighted by Gasteiger charge is 2.38. The summed E-state index contributed by atoms with van der Waals surface area (Å²) in [7, 11) is -8.80. The Labute approximate surface area is 289 Å². The van der Waals surface area contributed by atoms with E-state index in [1.807, 2.05) is 128 Å². The largest absolute Gasteiger partial charge is 0.647 e. The highest BCUT2D eigenvalue weighted by molar-refractivity contribution is 7.50. The van der Waals surface area contributed by atoms with Crippen molar-refractivity contribution in [3.8, 4) is 28.7 Å². The Morgan fingerprint density at radius 3 is 1.27 bits per heavy atom. The summed E-state index contributed by atoms with van der Waals surface area (Å²) in [5.41, 5.74) is 6.12. The predicted molar refractivity (Wildman–Crippen MR) is 194 cm³/mol. The van der Waals surface area contributed by atoms with Crippen molar-refractivity contribution in [2.45, 2.75) is 61.8 Å². The second-order valence-corrected chi connectivity index (χ2v) is 15.0. The molecule has 0 bridgehead atoms. The Hall–Kier alpha value is -4.64. The molecule has 0 spiro atoms. The summed E-state index contributed by atoms with van der Waals surface area (Å²) in [6.45, 7) is 14.9. The Morgan fingerprint density at radius 1 is 0.490 bits per heavy atom. The summed E-state index contributed by atoms with van der Waals surface area (Å²) in [6.07, 6.45) is 6.58. The van der Waals surface area contributed by atoms with Gasteiger partial charge in [-0.05, 0) is 118 Å². The van der Waals surface area contributed by atoms with Crippen molar-refractivity contribution in [1.82, 2.24) is 0 Å². The van der Waals surface area contributed by atoms with E-state index < -0.39 is 15.6 Å². The Morgan fingerprint density at radius 2 is 0.857 bits per heavy atom. The number of hydrogen-bond acceptors (Lipinski definition) is 8. The smallest absolute Gasteiger partial charge is 0.386 e. The lowest BCUT2D eigenvalue weighted by molar-refractivity contribution is 0.257. The van der Waals surface area contributed by atoms with Crippen molar-refractivity contribution < 1.29 is 36.3 Å². The number of benzene rings is 4. The van der Waals surface area contributed by atoms with Gasteiger partial charge in [0.15, 0.2) is 0 Å². The lowest BCUT2D eigenvalue weighted by atomic mass is 10.1. The molecule has 0 saturated heterocycles. The summed E-state index contributed by atoms with van der Waals surface area (Å²) >= 11 is 0. The van der Waals surface area contributed by atoms with Gasteiger partial charge in [-0.15, -0.1) is 0 Å². The molecule has 8 nitrogen and oxygen atoms in total. The topological polar surface area (TPSA) is 89.5 Å². The summed E-state index contributed by atoms with van der Waals surface area (Å²) in [5.74, 6) is 1.71. The first kappa shape index (κ1) is 35.7. The molecule has 256 valence electrons. The first-order chi connectivity index (χ1) is 23.3. The molecule has 0 aromatic heterocycles. The molecular weight excluding hydrogens is 658 g/mol. The average Bonchev–Trinajstić information content (AvgIpc) is 3.19. The minimum absolute atomic E-state index is 0.0841. The first-order valence-electron chi connectivity index (χ1n) is 16.0. The van der Waals surface area contributed by atoms with Crippen molar-refractivity contribution in [3.63, 3.8) is 0 Å². The van der Waals surface area contributed by atoms with E-state index in [2.05, 4.69) is 0 Å². The van der Waals surface area contributed by atoms with Gasteiger partial charge < -0.3 is 27.1 Å². The molecule has 0 N–H and O–H groups in total. The Balaban J connectivity index is 1.52. The van der Waals surface area contributed by atoms with Gasteiger partial charge in [-0.1, -0.05) is 78.9 Å². The minimum Gasteiger partial charge on any atom is -0.386 e. The fourth-order valence-electron chi connectivity index (χ4n) is 5.35. The fourth-order valence-corrected chi connectivity index (χ4v) is 8.36. The first-order valence-corrected chi connectivity index (χ1v) is 18.9. The molecule has 5 rings (SSSR count). The van der Waals surface area contributed by atoms with Crippen LogP contribution in [0.2, 0.25) is 0 Å². The Bertz CT molecular complexity index is 1940. The van der Waals surface area contributed by atoms with E-state index in [-0.39, 0.29) is 11.5 Å². The summed E-state index contributed by atoms with van der Waals surface area (Å²) < 4.78 is 66.0. The van der Waals surface area contributed by atoms with E-state index in [0.717, 1.165) is 44.5 Å². The van der Waals surface area contributed by atoms with Gasteiger partial charge in [0.1, 0.15) is 34.5 Å². The van der Waals surface area contributed by atoms with Crippen molar-refractivity contribution >= 4 is 15.6 Å². The molecule has 0 fully saturated rings. The number of phosphoric acid groups is 2. The molecule has 49 heavy (non-hydrogen) atoms. The second kappa shape index (κ2) is 14.9. The highest BCUT2D eigenvalue weighted by atomic mass is 31.2. The molecule has 1 aliphatic carbocycles. The highest BCUT2D eigenvalue weighted by Crippen LogP contribution is 2.56. The molecular formula is C39H42O8P2. The number of hydrogen-bond donors (Lipinski definition) is 0. The average molecular weight is 701 g/mol. The van der Waals surface area contributed by atoms with Crippen LogP contribution in [-0.4, -0.2) is 0 Å². The molecule has 0 saturated carbocycles. The number of rotatable bonds is 12. The number of aryl methyl sites for hydroxylation is 6. The van der Waals surface area contributed by atoms with Gasteiger partial charge in [0.25, 0.3) is 0 Å². The van der Waals surface area contributed by atoms with Gasteiger partial charge in [-0.25, -0.2) is 0 Å². The van der Waals surface area contributed by atoms with Crippen LogP contribution in [0.15, 0.2) is 114 Å². The lowest BCUT2D eigenvalue weighted by Crippen LogP contribution is -2.10. The SMILES string of the molecule is CC1=CCC=CC(C)=C1OP(=O)(Oc1cccc(OP(=O)(Oc2c(C)cccc2C)Oc2c(C)cccc2C)c1)Oc1c(C)cccc1C. The maximum Gasteiger partial charge on any atom is 0.647 e. The van der Waals surface area contributed by atoms with Gasteiger partial charge in [-0.2, -0.15) is 9.13 Å². The van der Waals surface area contributed by atoms with Gasteiger partial charge in [0.05, 0.1) is 0 Å². The molecule has 4 aromatic rings. The van der Waals surface area contributed by atoms with Gasteiger partial charge in [-0.3, -0.25) is 0 Å². The number of phosphoric ester groups is 2. The van der Waals surface area contributed by atoms with E-state index in [4.69, 9.17) is 27.1 Å². The van der Waals surface area contributed by atoms with E-state index in [1.165, 1.54) is 6.07 Å². The van der Waals surface area contributed by atoms with Crippen LogP contribution in [0.25, 0.3) is 0 Å². The van der Waals surface area contributed by atoms with Crippen LogP contribution in [-0.2, 0) is 13.7 Å². The molecule has 1 unspecified atom stereocenters. The number of allylic oxidation sites excluding steroid dienone is 5. The summed E-state index contributed by atoms with van der Waals surface area (Å²) in [5, 5.41) is 0. The zero-order valence-corrected chi connectivity index (χ0v) is 30.9. The zero-order valence-electron chi connectivity index (χ0n) is 29.1. The van der Waals surface area contributed by atoms with Crippen molar-refractivity contribution in [2.24, 2.45) is 0 Å². The number of para-hydroxylation sites is 3. The van der Waals surface area contributed by atoms with Crippen molar-refractivity contribution in [3.05, 3.63) is 147 Å². The van der Waals surface area contributed by atoms with Crippen molar-refractivity contribution in [1.29, 1.82) is 0 Å². The van der Waals surface area contributed by atoms with Crippen LogP contribution < -0.4 is 22.6 Å². The van der Waals surface area contributed by atoms with E-state index in [0.29, 0.717) is 29.4 Å². The van der Waals surface area contributed by atoms with Crippen LogP contribution in [0, 0.1) is 41.5 Å². The van der Waals surface area contributed by atoms with Crippen LogP contribution in [0.3, 0.4) is 0 Å². The standard InChI is InChI=1S/C39H42O8P2/c1-26-15-9-10-16-27(2)36(26)44-48(40,45-37-28(3)17-11-18-29(37)4)42-34-23-14-24-35(25-34)43-49(41,46-38-30(5)19-12-20-31(38)6)47-39-32(7)21-13-22-33(39)8/h9,11-25H,10H2,1-8H3. The Kier molecular flexibility index (Phi) is 10.8. The molecule has 0 radical (unpaired) electrons. The zero-order chi connectivity index (χ0) is 35.3. The fraction of sp³-hybridized carbons (Fsp3) is 0.231. The summed E-state index contributed by atoms with van der Waals surface area (Å²) in [6, 6.07) is 23.0. The van der Waals surface area contributed by atoms with E-state index >= 15 is 0 Å². The maximum absolute atomic E-state index is 14.7. The van der Waals surface area contributed by atoms with Crippen LogP contribution in [0.4, 0.5) is 0 Å². The molecule has 4 aromatic carbocycles. The van der Waals surface area contributed by atoms with Crippen LogP contribution in [0.5, 0.6) is 28.7 Å². The van der Waals surface area contributed by atoms with E-state index in [9.17, 15) is 9.13 Å². The third kappa shape index (κ3) is 8.70. The van der Waals surface area contributed by atoms with Crippen LogP contribution >= 0.6 is 15.6 Å². The normalized spacial score (nSPS) is 14.3. The molecule has 1 atom stereocenters. The van der Waals surface area contributed by atoms with Crippen molar-refractivity contribution in [2.75, 3.05) is 0 Å². The van der Waals surface area contributed by atoms with Gasteiger partial charge in [0.2, 0.25) is 0 Å². The van der Waals surface area contributed by atoms with E-state index in [1.54, 1.807) is 18.2 Å². The van der Waals surface area contributed by atoms with Gasteiger partial charge in [0, 0.05) is 6.07 Å². The molecule has 0 amide bonds. The summed E-state index contributed by atoms with van der Waals surface area (Å²) in [4.78, 5) is 0. The molecule has 10 heteroatoms. The quantitative estimate of drug-likeness (QED) is 0.135. The molecule has 0 aliphatic heterocycles. The minimum atomic E-state index is -4.41. The monoisotopic (exact) mass is 700 g/mol. The maximum atomic E-state index is 14.7. The third-order valence-corrected chi connectivity index (χ3v) is 10.4. The lowest BCUT2D eigenvalue weighted by Gasteiger charge is -2.24. The third-order valence-electron chi connectivity index (χ3n) is 7.92. The predicted octanol–water partition coefficient (Wildman–Crippen LogP) is 11.9. The van der Waals surface area contributed by atoms with Gasteiger partial charge >= 0.3 is 15.6 Å².